The fourth-order valence-electron chi connectivity index (χ4n) is 1.96. The summed E-state index contributed by atoms with van der Waals surface area (Å²) in [6.45, 7) is 3.55. The normalized spacial score (nSPS) is 13.7. The number of carbonyl (C=O) groups excluding carboxylic acids is 1. The van der Waals surface area contributed by atoms with E-state index >= 15 is 0 Å². The van der Waals surface area contributed by atoms with Gasteiger partial charge in [0.15, 0.2) is 0 Å². The number of likely N-dealkylation sites (N-methyl/N-ethyl adjacent to an activating group) is 1. The standard InChI is InChI=1S/C14H19NO3/c1-4-12(14(17)18)15(3)13(16)10(2)11-8-6-5-7-9-11/h5-10,12H,4H2,1-3H3,(H,17,18). The zero-order valence-electron chi connectivity index (χ0n) is 11.0. The number of hydrogen-bond acceptors (Lipinski definition) is 2. The van der Waals surface area contributed by atoms with Crippen LogP contribution in [-0.2, 0) is 9.59 Å². The Bertz CT molecular complexity index is 416. The maximum atomic E-state index is 12.2. The van der Waals surface area contributed by atoms with Crippen LogP contribution in [0.25, 0.3) is 0 Å². The van der Waals surface area contributed by atoms with Crippen molar-refractivity contribution in [1.82, 2.24) is 4.90 Å². The van der Waals surface area contributed by atoms with Crippen LogP contribution < -0.4 is 0 Å². The topological polar surface area (TPSA) is 57.6 Å². The minimum atomic E-state index is -0.964. The van der Waals surface area contributed by atoms with Crippen LogP contribution in [0.2, 0.25) is 0 Å². The number of amides is 1. The molecule has 0 radical (unpaired) electrons. The second-order valence-corrected chi connectivity index (χ2v) is 4.34. The summed E-state index contributed by atoms with van der Waals surface area (Å²) in [5, 5.41) is 9.05. The lowest BCUT2D eigenvalue weighted by atomic mass is 9.99. The quantitative estimate of drug-likeness (QED) is 0.869. The summed E-state index contributed by atoms with van der Waals surface area (Å²) < 4.78 is 0. The molecule has 1 amide bonds. The fourth-order valence-corrected chi connectivity index (χ4v) is 1.96. The number of benzene rings is 1. The van der Waals surface area contributed by atoms with Crippen molar-refractivity contribution in [3.8, 4) is 0 Å². The number of aliphatic carboxylic acids is 1. The Morgan fingerprint density at radius 3 is 2.28 bits per heavy atom. The van der Waals surface area contributed by atoms with Crippen LogP contribution in [0.5, 0.6) is 0 Å². The molecule has 1 aromatic carbocycles. The molecule has 98 valence electrons. The van der Waals surface area contributed by atoms with Crippen LogP contribution in [0.1, 0.15) is 31.7 Å². The molecular weight excluding hydrogens is 230 g/mol. The molecule has 0 saturated carbocycles. The summed E-state index contributed by atoms with van der Waals surface area (Å²) in [4.78, 5) is 24.6. The van der Waals surface area contributed by atoms with E-state index in [0.29, 0.717) is 6.42 Å². The van der Waals surface area contributed by atoms with E-state index in [2.05, 4.69) is 0 Å². The van der Waals surface area contributed by atoms with Gasteiger partial charge in [0.1, 0.15) is 6.04 Å². The van der Waals surface area contributed by atoms with Gasteiger partial charge in [0, 0.05) is 7.05 Å². The highest BCUT2D eigenvalue weighted by Crippen LogP contribution is 2.18. The highest BCUT2D eigenvalue weighted by Gasteiger charge is 2.28. The average Bonchev–Trinajstić information content (AvgIpc) is 2.38. The first-order valence-electron chi connectivity index (χ1n) is 6.03. The van der Waals surface area contributed by atoms with E-state index in [1.54, 1.807) is 20.9 Å². The van der Waals surface area contributed by atoms with Crippen LogP contribution in [-0.4, -0.2) is 35.0 Å². The second kappa shape index (κ2) is 6.19. The number of carboxylic acid groups (broad SMARTS) is 1. The van der Waals surface area contributed by atoms with E-state index in [1.165, 1.54) is 4.90 Å². The SMILES string of the molecule is CCC(C(=O)O)N(C)C(=O)C(C)c1ccccc1. The highest BCUT2D eigenvalue weighted by molar-refractivity contribution is 5.87. The van der Waals surface area contributed by atoms with Gasteiger partial charge >= 0.3 is 5.97 Å². The summed E-state index contributed by atoms with van der Waals surface area (Å²) in [6.07, 6.45) is 0.402. The molecule has 1 N–H and O–H groups in total. The molecule has 0 spiro atoms. The zero-order chi connectivity index (χ0) is 13.7. The molecule has 0 aliphatic heterocycles. The Kier molecular flexibility index (Phi) is 4.89. The number of carbonyl (C=O) groups is 2. The summed E-state index contributed by atoms with van der Waals surface area (Å²) in [5.41, 5.74) is 0.898. The van der Waals surface area contributed by atoms with Gasteiger partial charge in [-0.2, -0.15) is 0 Å². The molecule has 0 aliphatic carbocycles. The maximum Gasteiger partial charge on any atom is 0.326 e. The molecule has 0 bridgehead atoms. The molecule has 4 heteroatoms. The van der Waals surface area contributed by atoms with Crippen molar-refractivity contribution in [2.75, 3.05) is 7.05 Å². The van der Waals surface area contributed by atoms with Crippen molar-refractivity contribution in [3.63, 3.8) is 0 Å². The summed E-state index contributed by atoms with van der Waals surface area (Å²) in [6, 6.07) is 8.61. The Morgan fingerprint density at radius 1 is 1.28 bits per heavy atom. The molecule has 1 aromatic rings. The average molecular weight is 249 g/mol. The molecule has 0 saturated heterocycles. The Balaban J connectivity index is 2.84. The summed E-state index contributed by atoms with van der Waals surface area (Å²) >= 11 is 0. The van der Waals surface area contributed by atoms with Crippen LogP contribution in [0.3, 0.4) is 0 Å². The van der Waals surface area contributed by atoms with E-state index in [0.717, 1.165) is 5.56 Å². The van der Waals surface area contributed by atoms with Gasteiger partial charge < -0.3 is 10.0 Å². The molecule has 1 rings (SSSR count). The Hall–Kier alpha value is -1.84. The molecule has 4 nitrogen and oxygen atoms in total. The largest absolute Gasteiger partial charge is 0.480 e. The molecule has 2 atom stereocenters. The third-order valence-electron chi connectivity index (χ3n) is 3.16. The van der Waals surface area contributed by atoms with Crippen molar-refractivity contribution < 1.29 is 14.7 Å². The smallest absolute Gasteiger partial charge is 0.326 e. The lowest BCUT2D eigenvalue weighted by Gasteiger charge is -2.26. The highest BCUT2D eigenvalue weighted by atomic mass is 16.4. The van der Waals surface area contributed by atoms with Gasteiger partial charge in [-0.05, 0) is 18.9 Å². The first-order chi connectivity index (χ1) is 8.49. The third kappa shape index (κ3) is 3.09. The summed E-state index contributed by atoms with van der Waals surface area (Å²) in [7, 11) is 1.55. The van der Waals surface area contributed by atoms with Crippen LogP contribution >= 0.6 is 0 Å². The van der Waals surface area contributed by atoms with Crippen LogP contribution in [0.15, 0.2) is 30.3 Å². The van der Waals surface area contributed by atoms with Crippen molar-refractivity contribution in [2.45, 2.75) is 32.2 Å². The van der Waals surface area contributed by atoms with Crippen LogP contribution in [0, 0.1) is 0 Å². The predicted molar refractivity (Wildman–Crippen MR) is 69.3 cm³/mol. The minimum absolute atomic E-state index is 0.171. The molecule has 0 heterocycles. The Labute approximate surface area is 107 Å². The van der Waals surface area contributed by atoms with Gasteiger partial charge in [0.25, 0.3) is 0 Å². The molecule has 0 fully saturated rings. The van der Waals surface area contributed by atoms with E-state index < -0.39 is 12.0 Å². The molecule has 18 heavy (non-hydrogen) atoms. The zero-order valence-corrected chi connectivity index (χ0v) is 11.0. The van der Waals surface area contributed by atoms with Gasteiger partial charge in [0.05, 0.1) is 5.92 Å². The second-order valence-electron chi connectivity index (χ2n) is 4.34. The predicted octanol–water partition coefficient (Wildman–Crippen LogP) is 2.11. The molecule has 0 aromatic heterocycles. The number of nitrogens with zero attached hydrogens (tertiary/aromatic N) is 1. The first-order valence-corrected chi connectivity index (χ1v) is 6.03. The lowest BCUT2D eigenvalue weighted by Crippen LogP contribution is -2.43. The number of carboxylic acids is 1. The van der Waals surface area contributed by atoms with E-state index in [-0.39, 0.29) is 11.8 Å². The van der Waals surface area contributed by atoms with Crippen molar-refractivity contribution in [2.24, 2.45) is 0 Å². The fraction of sp³-hybridized carbons (Fsp3) is 0.429. The minimum Gasteiger partial charge on any atom is -0.480 e. The Morgan fingerprint density at radius 2 is 1.83 bits per heavy atom. The van der Waals surface area contributed by atoms with Gasteiger partial charge in [-0.15, -0.1) is 0 Å². The van der Waals surface area contributed by atoms with Gasteiger partial charge in [-0.25, -0.2) is 4.79 Å². The monoisotopic (exact) mass is 249 g/mol. The molecular formula is C14H19NO3. The van der Waals surface area contributed by atoms with Gasteiger partial charge in [-0.3, -0.25) is 4.79 Å². The number of rotatable bonds is 5. The van der Waals surface area contributed by atoms with E-state index in [9.17, 15) is 9.59 Å². The van der Waals surface area contributed by atoms with Crippen molar-refractivity contribution in [1.29, 1.82) is 0 Å². The van der Waals surface area contributed by atoms with E-state index in [4.69, 9.17) is 5.11 Å². The molecule has 2 unspecified atom stereocenters. The number of hydrogen-bond donors (Lipinski definition) is 1. The van der Waals surface area contributed by atoms with Crippen molar-refractivity contribution in [3.05, 3.63) is 35.9 Å². The van der Waals surface area contributed by atoms with Crippen LogP contribution in [0.4, 0.5) is 0 Å². The van der Waals surface area contributed by atoms with Gasteiger partial charge in [-0.1, -0.05) is 37.3 Å². The molecule has 0 aliphatic rings. The van der Waals surface area contributed by atoms with Crippen molar-refractivity contribution >= 4 is 11.9 Å². The van der Waals surface area contributed by atoms with E-state index in [1.807, 2.05) is 30.3 Å². The summed E-state index contributed by atoms with van der Waals surface area (Å²) in [5.74, 6) is -1.46. The first kappa shape index (κ1) is 14.2. The third-order valence-corrected chi connectivity index (χ3v) is 3.16. The van der Waals surface area contributed by atoms with Gasteiger partial charge in [0.2, 0.25) is 5.91 Å². The maximum absolute atomic E-state index is 12.2. The lowest BCUT2D eigenvalue weighted by molar-refractivity contribution is -0.149.